The first kappa shape index (κ1) is 25.2. The van der Waals surface area contributed by atoms with E-state index in [0.717, 1.165) is 25.9 Å². The maximum absolute atomic E-state index is 13.4. The van der Waals surface area contributed by atoms with Gasteiger partial charge in [-0.1, -0.05) is 0 Å². The second kappa shape index (κ2) is 10.8. The van der Waals surface area contributed by atoms with Gasteiger partial charge in [-0.15, -0.1) is 0 Å². The molecule has 1 aromatic heterocycles. The van der Waals surface area contributed by atoms with E-state index < -0.39 is 19.1 Å². The number of piperazine rings is 1. The first-order valence-corrected chi connectivity index (χ1v) is 12.2. The fraction of sp³-hybridized carbons (Fsp3) is 0.600. The summed E-state index contributed by atoms with van der Waals surface area (Å²) in [4.78, 5) is 30.6. The highest BCUT2D eigenvalue weighted by atomic mass is 19.3. The molecule has 2 aliphatic rings. The molecule has 0 spiro atoms. The molecule has 3 heterocycles. The van der Waals surface area contributed by atoms with Crippen molar-refractivity contribution in [3.63, 3.8) is 0 Å². The molecule has 0 N–H and O–H groups in total. The quantitative estimate of drug-likeness (QED) is 0.616. The van der Waals surface area contributed by atoms with E-state index in [-0.39, 0.29) is 17.7 Å². The van der Waals surface area contributed by atoms with E-state index in [9.17, 15) is 18.4 Å². The molecule has 192 valence electrons. The third kappa shape index (κ3) is 5.69. The molecule has 10 heteroatoms. The second-order valence-corrected chi connectivity index (χ2v) is 9.45. The molecule has 0 aliphatic carbocycles. The standard InChI is InChI=1S/C25H34F2N4O4/c1-17(2)28-8-6-19(7-9-28)35-20-4-5-21-18(14-20)15-22(31(21)16-23(26)27)24(32)29-10-12-30(13-11-29)25(33)34-3/h4-5,14-15,17,19,23H,6-13,16H2,1-3H3. The summed E-state index contributed by atoms with van der Waals surface area (Å²) in [5.74, 6) is 0.357. The lowest BCUT2D eigenvalue weighted by Gasteiger charge is -2.34. The number of carbonyl (C=O) groups excluding carboxylic acids is 2. The average Bonchev–Trinajstić information content (AvgIpc) is 3.20. The van der Waals surface area contributed by atoms with Gasteiger partial charge in [0, 0.05) is 56.2 Å². The van der Waals surface area contributed by atoms with Crippen LogP contribution in [0.5, 0.6) is 5.75 Å². The summed E-state index contributed by atoms with van der Waals surface area (Å²) in [6.07, 6.45) is -1.06. The van der Waals surface area contributed by atoms with Crippen LogP contribution in [0.25, 0.3) is 10.9 Å². The first-order chi connectivity index (χ1) is 16.8. The number of methoxy groups -OCH3 is 1. The number of benzene rings is 1. The van der Waals surface area contributed by atoms with Gasteiger partial charge < -0.3 is 28.7 Å². The summed E-state index contributed by atoms with van der Waals surface area (Å²) in [6, 6.07) is 7.56. The van der Waals surface area contributed by atoms with Gasteiger partial charge in [0.15, 0.2) is 0 Å². The molecule has 2 aromatic rings. The van der Waals surface area contributed by atoms with Crippen LogP contribution >= 0.6 is 0 Å². The number of rotatable bonds is 6. The van der Waals surface area contributed by atoms with Crippen LogP contribution < -0.4 is 4.74 Å². The predicted molar refractivity (Wildman–Crippen MR) is 128 cm³/mol. The van der Waals surface area contributed by atoms with Gasteiger partial charge in [-0.05, 0) is 51.0 Å². The SMILES string of the molecule is COC(=O)N1CCN(C(=O)c2cc3cc(OC4CCN(C(C)C)CC4)ccc3n2CC(F)F)CC1. The molecule has 0 bridgehead atoms. The van der Waals surface area contributed by atoms with Crippen LogP contribution in [0, 0.1) is 0 Å². The molecular weight excluding hydrogens is 458 g/mol. The molecule has 2 amide bonds. The number of likely N-dealkylation sites (tertiary alicyclic amines) is 1. The van der Waals surface area contributed by atoms with E-state index in [2.05, 4.69) is 18.7 Å². The van der Waals surface area contributed by atoms with Gasteiger partial charge in [0.05, 0.1) is 13.7 Å². The van der Waals surface area contributed by atoms with Gasteiger partial charge in [-0.25, -0.2) is 13.6 Å². The number of fused-ring (bicyclic) bond motifs is 1. The van der Waals surface area contributed by atoms with Crippen molar-refractivity contribution in [2.75, 3.05) is 46.4 Å². The number of amides is 2. The normalized spacial score (nSPS) is 18.0. The first-order valence-electron chi connectivity index (χ1n) is 12.2. The van der Waals surface area contributed by atoms with Crippen LogP contribution in [0.4, 0.5) is 13.6 Å². The number of carbonyl (C=O) groups is 2. The average molecular weight is 493 g/mol. The number of hydrogen-bond donors (Lipinski definition) is 0. The Hall–Kier alpha value is -2.88. The zero-order chi connectivity index (χ0) is 25.1. The van der Waals surface area contributed by atoms with Crippen molar-refractivity contribution in [3.05, 3.63) is 30.0 Å². The molecule has 0 atom stereocenters. The van der Waals surface area contributed by atoms with E-state index in [4.69, 9.17) is 9.47 Å². The highest BCUT2D eigenvalue weighted by Gasteiger charge is 2.28. The summed E-state index contributed by atoms with van der Waals surface area (Å²) in [5, 5.41) is 0.694. The van der Waals surface area contributed by atoms with Crippen LogP contribution in [-0.2, 0) is 11.3 Å². The van der Waals surface area contributed by atoms with Crippen molar-refractivity contribution in [1.82, 2.24) is 19.3 Å². The van der Waals surface area contributed by atoms with Crippen molar-refractivity contribution in [2.24, 2.45) is 0 Å². The third-order valence-electron chi connectivity index (χ3n) is 6.92. The largest absolute Gasteiger partial charge is 0.490 e. The summed E-state index contributed by atoms with van der Waals surface area (Å²) >= 11 is 0. The van der Waals surface area contributed by atoms with Crippen LogP contribution in [-0.4, -0.2) is 96.2 Å². The fourth-order valence-electron chi connectivity index (χ4n) is 4.92. The van der Waals surface area contributed by atoms with Crippen LogP contribution in [0.1, 0.15) is 37.2 Å². The van der Waals surface area contributed by atoms with E-state index in [1.807, 2.05) is 6.07 Å². The molecule has 4 rings (SSSR count). The number of nitrogens with zero attached hydrogens (tertiary/aromatic N) is 4. The maximum atomic E-state index is 13.4. The second-order valence-electron chi connectivity index (χ2n) is 9.45. The summed E-state index contributed by atoms with van der Waals surface area (Å²) in [5.41, 5.74) is 0.790. The minimum atomic E-state index is -2.60. The number of halogens is 2. The molecule has 0 unspecified atom stereocenters. The molecule has 2 aliphatic heterocycles. The minimum absolute atomic E-state index is 0.109. The van der Waals surface area contributed by atoms with E-state index in [1.54, 1.807) is 23.1 Å². The predicted octanol–water partition coefficient (Wildman–Crippen LogP) is 3.68. The van der Waals surface area contributed by atoms with Crippen molar-refractivity contribution in [3.8, 4) is 5.75 Å². The molecule has 2 fully saturated rings. The van der Waals surface area contributed by atoms with Crippen molar-refractivity contribution < 1.29 is 27.8 Å². The van der Waals surface area contributed by atoms with Gasteiger partial charge in [0.1, 0.15) is 17.5 Å². The Morgan fingerprint density at radius 1 is 1.00 bits per heavy atom. The summed E-state index contributed by atoms with van der Waals surface area (Å²) < 4.78 is 39.2. The van der Waals surface area contributed by atoms with Gasteiger partial charge in [-0.2, -0.15) is 0 Å². The zero-order valence-electron chi connectivity index (χ0n) is 20.6. The lowest BCUT2D eigenvalue weighted by Crippen LogP contribution is -2.50. The Kier molecular flexibility index (Phi) is 7.78. The molecule has 2 saturated heterocycles. The minimum Gasteiger partial charge on any atom is -0.490 e. The Morgan fingerprint density at radius 2 is 1.66 bits per heavy atom. The maximum Gasteiger partial charge on any atom is 0.409 e. The Balaban J connectivity index is 1.51. The van der Waals surface area contributed by atoms with E-state index >= 15 is 0 Å². The molecule has 0 radical (unpaired) electrons. The van der Waals surface area contributed by atoms with Gasteiger partial charge in [0.25, 0.3) is 12.3 Å². The number of ether oxygens (including phenoxy) is 2. The number of piperidine rings is 1. The lowest BCUT2D eigenvalue weighted by atomic mass is 10.1. The van der Waals surface area contributed by atoms with Crippen molar-refractivity contribution >= 4 is 22.9 Å². The fourth-order valence-corrected chi connectivity index (χ4v) is 4.92. The zero-order valence-corrected chi connectivity index (χ0v) is 20.6. The topological polar surface area (TPSA) is 67.2 Å². The third-order valence-corrected chi connectivity index (χ3v) is 6.92. The Bertz CT molecular complexity index is 1040. The Morgan fingerprint density at radius 3 is 2.26 bits per heavy atom. The smallest absolute Gasteiger partial charge is 0.409 e. The van der Waals surface area contributed by atoms with Crippen molar-refractivity contribution in [1.29, 1.82) is 0 Å². The van der Waals surface area contributed by atoms with Gasteiger partial charge >= 0.3 is 6.09 Å². The van der Waals surface area contributed by atoms with Crippen LogP contribution in [0.3, 0.4) is 0 Å². The summed E-state index contributed by atoms with van der Waals surface area (Å²) in [7, 11) is 1.31. The molecular formula is C25H34F2N4O4. The number of aromatic nitrogens is 1. The highest BCUT2D eigenvalue weighted by Crippen LogP contribution is 2.28. The van der Waals surface area contributed by atoms with Gasteiger partial charge in [-0.3, -0.25) is 4.79 Å². The Labute approximate surface area is 204 Å². The lowest BCUT2D eigenvalue weighted by molar-refractivity contribution is 0.0584. The number of alkyl halides is 2. The number of hydrogen-bond acceptors (Lipinski definition) is 5. The molecule has 35 heavy (non-hydrogen) atoms. The van der Waals surface area contributed by atoms with E-state index in [1.165, 1.54) is 16.6 Å². The molecule has 8 nitrogen and oxygen atoms in total. The highest BCUT2D eigenvalue weighted by molar-refractivity contribution is 5.99. The van der Waals surface area contributed by atoms with Crippen molar-refractivity contribution in [2.45, 2.75) is 51.8 Å². The van der Waals surface area contributed by atoms with Crippen LogP contribution in [0.15, 0.2) is 24.3 Å². The molecule has 0 saturated carbocycles. The van der Waals surface area contributed by atoms with Crippen LogP contribution in [0.2, 0.25) is 0 Å². The van der Waals surface area contributed by atoms with Gasteiger partial charge in [0.2, 0.25) is 0 Å². The summed E-state index contributed by atoms with van der Waals surface area (Å²) in [6.45, 7) is 7.08. The monoisotopic (exact) mass is 492 g/mol. The van der Waals surface area contributed by atoms with E-state index in [0.29, 0.717) is 48.9 Å². The molecule has 1 aromatic carbocycles.